The van der Waals surface area contributed by atoms with Crippen molar-refractivity contribution in [3.05, 3.63) is 71.0 Å². The number of guanidine groups is 1. The smallest absolute Gasteiger partial charge is 0.194 e. The van der Waals surface area contributed by atoms with Crippen LogP contribution >= 0.6 is 35.6 Å². The molecule has 1 fully saturated rings. The first kappa shape index (κ1) is 24.2. The summed E-state index contributed by atoms with van der Waals surface area (Å²) in [6, 6.07) is 12.3. The first-order valence-electron chi connectivity index (χ1n) is 10.4. The number of nitrogens with zero attached hydrogens (tertiary/aromatic N) is 7. The lowest BCUT2D eigenvalue weighted by atomic mass is 10.2. The SMILES string of the molecule is Cc1nnc(CNC(=NCc2ccccc2)N2CCN(c3ccncc3Cl)CC2)n1C.I. The van der Waals surface area contributed by atoms with Gasteiger partial charge in [-0.15, -0.1) is 34.2 Å². The highest BCUT2D eigenvalue weighted by atomic mass is 127. The van der Waals surface area contributed by atoms with Gasteiger partial charge in [0.2, 0.25) is 0 Å². The molecular formula is C22H28ClIN8. The standard InChI is InChI=1S/C22H27ClN8.HI/c1-17-27-28-21(29(17)2)16-26-22(25-14-18-6-4-3-5-7-18)31-12-10-30(11-13-31)20-8-9-24-15-19(20)23;/h3-9,15H,10-14,16H2,1-2H3,(H,25,26);1H. The second-order valence-electron chi connectivity index (χ2n) is 7.50. The van der Waals surface area contributed by atoms with E-state index in [1.165, 1.54) is 5.56 Å². The maximum Gasteiger partial charge on any atom is 0.194 e. The Hall–Kier alpha value is -2.40. The van der Waals surface area contributed by atoms with Gasteiger partial charge in [-0.1, -0.05) is 41.9 Å². The highest BCUT2D eigenvalue weighted by molar-refractivity contribution is 14.0. The van der Waals surface area contributed by atoms with Crippen molar-refractivity contribution in [1.29, 1.82) is 0 Å². The van der Waals surface area contributed by atoms with Crippen LogP contribution in [0.3, 0.4) is 0 Å². The van der Waals surface area contributed by atoms with Crippen molar-refractivity contribution >= 4 is 47.2 Å². The molecule has 1 aliphatic heterocycles. The van der Waals surface area contributed by atoms with Crippen molar-refractivity contribution in [1.82, 2.24) is 30.0 Å². The van der Waals surface area contributed by atoms with E-state index in [4.69, 9.17) is 16.6 Å². The zero-order valence-electron chi connectivity index (χ0n) is 18.3. The van der Waals surface area contributed by atoms with Crippen LogP contribution in [0.2, 0.25) is 5.02 Å². The van der Waals surface area contributed by atoms with Crippen LogP contribution in [0.15, 0.2) is 53.8 Å². The number of piperazine rings is 1. The highest BCUT2D eigenvalue weighted by Crippen LogP contribution is 2.25. The molecule has 10 heteroatoms. The summed E-state index contributed by atoms with van der Waals surface area (Å²) in [5, 5.41) is 12.6. The molecule has 4 rings (SSSR count). The number of aryl methyl sites for hydroxylation is 1. The van der Waals surface area contributed by atoms with Crippen LogP contribution in [0.4, 0.5) is 5.69 Å². The summed E-state index contributed by atoms with van der Waals surface area (Å²) >= 11 is 6.34. The van der Waals surface area contributed by atoms with Crippen molar-refractivity contribution in [2.75, 3.05) is 31.1 Å². The number of hydrogen-bond donors (Lipinski definition) is 1. The Morgan fingerprint density at radius 3 is 2.50 bits per heavy atom. The molecule has 3 heterocycles. The fourth-order valence-corrected chi connectivity index (χ4v) is 3.80. The molecule has 0 aliphatic carbocycles. The minimum Gasteiger partial charge on any atom is -0.367 e. The molecule has 0 spiro atoms. The molecule has 0 amide bonds. The Labute approximate surface area is 210 Å². The average molecular weight is 567 g/mol. The summed E-state index contributed by atoms with van der Waals surface area (Å²) < 4.78 is 1.99. The first-order chi connectivity index (χ1) is 15.1. The number of aromatic nitrogens is 4. The fourth-order valence-electron chi connectivity index (χ4n) is 3.56. The molecule has 3 aromatic rings. The topological polar surface area (TPSA) is 74.5 Å². The number of halogens is 2. The molecule has 170 valence electrons. The average Bonchev–Trinajstić information content (AvgIpc) is 3.13. The molecular weight excluding hydrogens is 539 g/mol. The summed E-state index contributed by atoms with van der Waals surface area (Å²) in [5.74, 6) is 2.65. The molecule has 2 aromatic heterocycles. The molecule has 0 saturated carbocycles. The minimum atomic E-state index is 0. The van der Waals surface area contributed by atoms with Crippen LogP contribution in [-0.2, 0) is 20.1 Å². The van der Waals surface area contributed by atoms with E-state index in [9.17, 15) is 0 Å². The van der Waals surface area contributed by atoms with E-state index in [0.717, 1.165) is 49.5 Å². The van der Waals surface area contributed by atoms with Gasteiger partial charge in [0.1, 0.15) is 5.82 Å². The molecule has 1 aliphatic rings. The van der Waals surface area contributed by atoms with E-state index in [2.05, 4.69) is 42.4 Å². The van der Waals surface area contributed by atoms with Crippen LogP contribution in [0.1, 0.15) is 17.2 Å². The summed E-state index contributed by atoms with van der Waals surface area (Å²) in [4.78, 5) is 13.6. The Kier molecular flexibility index (Phi) is 8.68. The third kappa shape index (κ3) is 5.89. The van der Waals surface area contributed by atoms with Crippen LogP contribution in [0.25, 0.3) is 0 Å². The van der Waals surface area contributed by atoms with E-state index >= 15 is 0 Å². The highest BCUT2D eigenvalue weighted by Gasteiger charge is 2.22. The second-order valence-corrected chi connectivity index (χ2v) is 7.91. The van der Waals surface area contributed by atoms with Crippen LogP contribution in [0, 0.1) is 6.92 Å². The fraction of sp³-hybridized carbons (Fsp3) is 0.364. The second kappa shape index (κ2) is 11.5. The van der Waals surface area contributed by atoms with Gasteiger partial charge >= 0.3 is 0 Å². The molecule has 32 heavy (non-hydrogen) atoms. The van der Waals surface area contributed by atoms with Crippen LogP contribution in [-0.4, -0.2) is 56.8 Å². The molecule has 1 aromatic carbocycles. The van der Waals surface area contributed by atoms with Crippen molar-refractivity contribution < 1.29 is 0 Å². The summed E-state index contributed by atoms with van der Waals surface area (Å²) in [7, 11) is 1.98. The van der Waals surface area contributed by atoms with Crippen molar-refractivity contribution in [3.63, 3.8) is 0 Å². The van der Waals surface area contributed by atoms with Crippen molar-refractivity contribution in [2.24, 2.45) is 12.0 Å². The van der Waals surface area contributed by atoms with Crippen LogP contribution in [0.5, 0.6) is 0 Å². The first-order valence-corrected chi connectivity index (χ1v) is 10.8. The Morgan fingerprint density at radius 1 is 1.09 bits per heavy atom. The van der Waals surface area contributed by atoms with Gasteiger partial charge < -0.3 is 19.7 Å². The third-order valence-electron chi connectivity index (χ3n) is 5.51. The van der Waals surface area contributed by atoms with E-state index < -0.39 is 0 Å². The Bertz CT molecular complexity index is 1030. The number of anilines is 1. The Morgan fingerprint density at radius 2 is 1.84 bits per heavy atom. The van der Waals surface area contributed by atoms with Gasteiger partial charge in [-0.25, -0.2) is 4.99 Å². The molecule has 8 nitrogen and oxygen atoms in total. The van der Waals surface area contributed by atoms with Gasteiger partial charge in [-0.3, -0.25) is 4.98 Å². The normalized spacial score (nSPS) is 14.3. The number of aliphatic imine (C=N–C) groups is 1. The predicted molar refractivity (Wildman–Crippen MR) is 139 cm³/mol. The van der Waals surface area contributed by atoms with Crippen LogP contribution < -0.4 is 10.2 Å². The lowest BCUT2D eigenvalue weighted by molar-refractivity contribution is 0.370. The number of rotatable bonds is 5. The maximum atomic E-state index is 6.34. The van der Waals surface area contributed by atoms with Gasteiger partial charge in [0.15, 0.2) is 11.8 Å². The quantitative estimate of drug-likeness (QED) is 0.290. The van der Waals surface area contributed by atoms with Crippen molar-refractivity contribution in [3.8, 4) is 0 Å². The number of benzene rings is 1. The predicted octanol–water partition coefficient (Wildman–Crippen LogP) is 3.26. The van der Waals surface area contributed by atoms with Gasteiger partial charge in [0.25, 0.3) is 0 Å². The molecule has 1 saturated heterocycles. The van der Waals surface area contributed by atoms with Gasteiger partial charge in [0, 0.05) is 45.6 Å². The molecule has 1 N–H and O–H groups in total. The minimum absolute atomic E-state index is 0. The number of pyridine rings is 1. The molecule has 0 bridgehead atoms. The monoisotopic (exact) mass is 566 g/mol. The van der Waals surface area contributed by atoms with Gasteiger partial charge in [-0.05, 0) is 18.6 Å². The van der Waals surface area contributed by atoms with E-state index in [1.54, 1.807) is 12.4 Å². The largest absolute Gasteiger partial charge is 0.367 e. The van der Waals surface area contributed by atoms with Gasteiger partial charge in [-0.2, -0.15) is 0 Å². The molecule has 0 radical (unpaired) electrons. The van der Waals surface area contributed by atoms with E-state index in [1.807, 2.05) is 42.8 Å². The summed E-state index contributed by atoms with van der Waals surface area (Å²) in [5.41, 5.74) is 2.21. The number of nitrogens with one attached hydrogen (secondary N) is 1. The van der Waals surface area contributed by atoms with Crippen molar-refractivity contribution in [2.45, 2.75) is 20.0 Å². The third-order valence-corrected chi connectivity index (χ3v) is 5.80. The molecule has 0 atom stereocenters. The zero-order valence-corrected chi connectivity index (χ0v) is 21.4. The lowest BCUT2D eigenvalue weighted by Crippen LogP contribution is -2.52. The lowest BCUT2D eigenvalue weighted by Gasteiger charge is -2.38. The zero-order chi connectivity index (χ0) is 21.6. The molecule has 0 unspecified atom stereocenters. The summed E-state index contributed by atoms with van der Waals surface area (Å²) in [6.45, 7) is 6.55. The summed E-state index contributed by atoms with van der Waals surface area (Å²) in [6.07, 6.45) is 3.48. The van der Waals surface area contributed by atoms with E-state index in [0.29, 0.717) is 18.1 Å². The van der Waals surface area contributed by atoms with Gasteiger partial charge in [0.05, 0.1) is 23.8 Å². The maximum absolute atomic E-state index is 6.34. The Balaban J connectivity index is 0.00000289. The number of hydrogen-bond acceptors (Lipinski definition) is 5. The van der Waals surface area contributed by atoms with E-state index in [-0.39, 0.29) is 24.0 Å².